The van der Waals surface area contributed by atoms with E-state index in [9.17, 15) is 0 Å². The van der Waals surface area contributed by atoms with Crippen LogP contribution in [0.2, 0.25) is 5.28 Å². The van der Waals surface area contributed by atoms with Crippen molar-refractivity contribution in [3.05, 3.63) is 17.2 Å². The van der Waals surface area contributed by atoms with Gasteiger partial charge in [0.25, 0.3) is 0 Å². The first-order valence-corrected chi connectivity index (χ1v) is 4.37. The Morgan fingerprint density at radius 2 is 2.50 bits per heavy atom. The third-order valence-corrected chi connectivity index (χ3v) is 2.64. The van der Waals surface area contributed by atoms with Crippen LogP contribution >= 0.6 is 23.4 Å². The Balaban J connectivity index is 2.52. The Kier molecular flexibility index (Phi) is 1.54. The van der Waals surface area contributed by atoms with E-state index in [1.54, 1.807) is 18.0 Å². The summed E-state index contributed by atoms with van der Waals surface area (Å²) in [7, 11) is 0. The number of hydrogen-bond acceptors (Lipinski definition) is 3. The van der Waals surface area contributed by atoms with Gasteiger partial charge in [0.15, 0.2) is 0 Å². The molecule has 4 heteroatoms. The third-order valence-electron chi connectivity index (χ3n) is 1.40. The van der Waals surface area contributed by atoms with Gasteiger partial charge in [0, 0.05) is 23.3 Å². The molecule has 52 valence electrons. The molecule has 0 aliphatic carbocycles. The maximum atomic E-state index is 5.59. The minimum Gasteiger partial charge on any atom is -0.225 e. The van der Waals surface area contributed by atoms with Crippen LogP contribution in [0.4, 0.5) is 0 Å². The Bertz CT molecular complexity index is 264. The smallest absolute Gasteiger partial charge is 0.222 e. The van der Waals surface area contributed by atoms with Crippen LogP contribution in [0.5, 0.6) is 0 Å². The number of nitrogens with zero attached hydrogens (tertiary/aromatic N) is 2. The van der Waals surface area contributed by atoms with Crippen LogP contribution < -0.4 is 0 Å². The Labute approximate surface area is 68.0 Å². The second-order valence-corrected chi connectivity index (χ2v) is 3.52. The summed E-state index contributed by atoms with van der Waals surface area (Å²) in [5.74, 6) is 1.12. The quantitative estimate of drug-likeness (QED) is 0.558. The predicted octanol–water partition coefficient (Wildman–Crippen LogP) is 1.78. The lowest BCUT2D eigenvalue weighted by atomic mass is 10.3. The summed E-state index contributed by atoms with van der Waals surface area (Å²) < 4.78 is 0. The fraction of sp³-hybridized carbons (Fsp3) is 0.333. The summed E-state index contributed by atoms with van der Waals surface area (Å²) in [4.78, 5) is 9.16. The molecule has 2 rings (SSSR count). The van der Waals surface area contributed by atoms with Crippen molar-refractivity contribution in [1.82, 2.24) is 9.97 Å². The standard InChI is InChI=1S/C6H5ClN2S/c7-6-8-3-5-4(9-6)1-2-10-5/h3H,1-2H2. The van der Waals surface area contributed by atoms with Gasteiger partial charge in [-0.3, -0.25) is 0 Å². The van der Waals surface area contributed by atoms with Crippen LogP contribution in [0.15, 0.2) is 11.1 Å². The van der Waals surface area contributed by atoms with Gasteiger partial charge in [0.1, 0.15) is 0 Å². The summed E-state index contributed by atoms with van der Waals surface area (Å²) in [6.07, 6.45) is 2.82. The highest BCUT2D eigenvalue weighted by atomic mass is 35.5. The Hall–Kier alpha value is -0.280. The number of thioether (sulfide) groups is 1. The monoisotopic (exact) mass is 172 g/mol. The molecule has 0 N–H and O–H groups in total. The van der Waals surface area contributed by atoms with Crippen molar-refractivity contribution in [2.24, 2.45) is 0 Å². The molecular weight excluding hydrogens is 168 g/mol. The van der Waals surface area contributed by atoms with Gasteiger partial charge in [-0.05, 0) is 11.6 Å². The summed E-state index contributed by atoms with van der Waals surface area (Å²) in [6.45, 7) is 0. The minimum absolute atomic E-state index is 0.362. The van der Waals surface area contributed by atoms with Gasteiger partial charge in [0.05, 0.1) is 5.69 Å². The molecule has 1 aliphatic rings. The van der Waals surface area contributed by atoms with Crippen LogP contribution in [-0.2, 0) is 6.42 Å². The summed E-state index contributed by atoms with van der Waals surface area (Å²) in [6, 6.07) is 0. The molecule has 1 aromatic heterocycles. The zero-order valence-electron chi connectivity index (χ0n) is 5.17. The molecule has 2 nitrogen and oxygen atoms in total. The van der Waals surface area contributed by atoms with E-state index in [-0.39, 0.29) is 0 Å². The van der Waals surface area contributed by atoms with E-state index in [1.807, 2.05) is 0 Å². The SMILES string of the molecule is Clc1ncc2c(n1)CCS2. The largest absolute Gasteiger partial charge is 0.225 e. The van der Waals surface area contributed by atoms with Crippen molar-refractivity contribution < 1.29 is 0 Å². The average Bonchev–Trinajstić information content (AvgIpc) is 2.33. The van der Waals surface area contributed by atoms with E-state index in [1.165, 1.54) is 4.90 Å². The molecule has 0 saturated heterocycles. The van der Waals surface area contributed by atoms with E-state index < -0.39 is 0 Å². The maximum absolute atomic E-state index is 5.59. The molecule has 10 heavy (non-hydrogen) atoms. The van der Waals surface area contributed by atoms with E-state index >= 15 is 0 Å². The van der Waals surface area contributed by atoms with Gasteiger partial charge < -0.3 is 0 Å². The summed E-state index contributed by atoms with van der Waals surface area (Å²) >= 11 is 7.38. The van der Waals surface area contributed by atoms with Gasteiger partial charge >= 0.3 is 0 Å². The van der Waals surface area contributed by atoms with Crippen molar-refractivity contribution >= 4 is 23.4 Å². The molecule has 0 atom stereocenters. The van der Waals surface area contributed by atoms with E-state index in [0.29, 0.717) is 5.28 Å². The molecule has 0 amide bonds. The number of hydrogen-bond donors (Lipinski definition) is 0. The van der Waals surface area contributed by atoms with E-state index in [0.717, 1.165) is 17.9 Å². The molecule has 0 spiro atoms. The zero-order valence-corrected chi connectivity index (χ0v) is 6.74. The van der Waals surface area contributed by atoms with E-state index in [2.05, 4.69) is 9.97 Å². The topological polar surface area (TPSA) is 25.8 Å². The minimum atomic E-state index is 0.362. The van der Waals surface area contributed by atoms with Gasteiger partial charge in [0.2, 0.25) is 5.28 Å². The van der Waals surface area contributed by atoms with Gasteiger partial charge in [-0.1, -0.05) is 0 Å². The van der Waals surface area contributed by atoms with Gasteiger partial charge in [-0.2, -0.15) is 0 Å². The summed E-state index contributed by atoms with van der Waals surface area (Å²) in [5, 5.41) is 0.362. The molecule has 0 saturated carbocycles. The lowest BCUT2D eigenvalue weighted by molar-refractivity contribution is 0.976. The van der Waals surface area contributed by atoms with Crippen LogP contribution in [0.1, 0.15) is 5.69 Å². The molecule has 0 fully saturated rings. The van der Waals surface area contributed by atoms with E-state index in [4.69, 9.17) is 11.6 Å². The van der Waals surface area contributed by atoms with Crippen LogP contribution in [0, 0.1) is 0 Å². The van der Waals surface area contributed by atoms with Crippen LogP contribution in [-0.4, -0.2) is 15.7 Å². The van der Waals surface area contributed by atoms with Crippen LogP contribution in [0.3, 0.4) is 0 Å². The molecule has 1 aliphatic heterocycles. The number of fused-ring (bicyclic) bond motifs is 1. The molecular formula is C6H5ClN2S. The lowest BCUT2D eigenvalue weighted by Crippen LogP contribution is -1.89. The maximum Gasteiger partial charge on any atom is 0.222 e. The fourth-order valence-electron chi connectivity index (χ4n) is 0.939. The molecule has 0 aromatic carbocycles. The molecule has 0 unspecified atom stereocenters. The molecule has 1 aromatic rings. The molecule has 0 radical (unpaired) electrons. The highest BCUT2D eigenvalue weighted by Gasteiger charge is 2.12. The number of aryl methyl sites for hydroxylation is 1. The van der Waals surface area contributed by atoms with Crippen molar-refractivity contribution in [1.29, 1.82) is 0 Å². The number of halogens is 1. The number of aromatic nitrogens is 2. The molecule has 2 heterocycles. The normalized spacial score (nSPS) is 15.3. The van der Waals surface area contributed by atoms with Crippen LogP contribution in [0.25, 0.3) is 0 Å². The zero-order chi connectivity index (χ0) is 6.97. The lowest BCUT2D eigenvalue weighted by Gasteiger charge is -1.93. The fourth-order valence-corrected chi connectivity index (χ4v) is 2.05. The average molecular weight is 173 g/mol. The Morgan fingerprint density at radius 1 is 1.60 bits per heavy atom. The van der Waals surface area contributed by atoms with Crippen molar-refractivity contribution in [3.63, 3.8) is 0 Å². The Morgan fingerprint density at radius 3 is 3.40 bits per heavy atom. The first-order chi connectivity index (χ1) is 4.86. The summed E-state index contributed by atoms with van der Waals surface area (Å²) in [5.41, 5.74) is 1.10. The highest BCUT2D eigenvalue weighted by Crippen LogP contribution is 2.29. The second-order valence-electron chi connectivity index (χ2n) is 2.05. The third kappa shape index (κ3) is 0.995. The predicted molar refractivity (Wildman–Crippen MR) is 41.5 cm³/mol. The van der Waals surface area contributed by atoms with Crippen molar-refractivity contribution in [3.8, 4) is 0 Å². The first-order valence-electron chi connectivity index (χ1n) is 3.00. The number of rotatable bonds is 0. The van der Waals surface area contributed by atoms with Gasteiger partial charge in [-0.25, -0.2) is 9.97 Å². The van der Waals surface area contributed by atoms with Crippen molar-refractivity contribution in [2.75, 3.05) is 5.75 Å². The first kappa shape index (κ1) is 6.43. The second kappa shape index (κ2) is 2.40. The van der Waals surface area contributed by atoms with Crippen molar-refractivity contribution in [2.45, 2.75) is 11.3 Å². The molecule has 0 bridgehead atoms. The highest BCUT2D eigenvalue weighted by molar-refractivity contribution is 7.99. The van der Waals surface area contributed by atoms with Gasteiger partial charge in [-0.15, -0.1) is 11.8 Å².